The second-order valence-corrected chi connectivity index (χ2v) is 12.7. The van der Waals surface area contributed by atoms with Crippen LogP contribution in [-0.4, -0.2) is 57.9 Å². The Morgan fingerprint density at radius 1 is 0.929 bits per heavy atom. The van der Waals surface area contributed by atoms with Crippen LogP contribution < -0.4 is 14.4 Å². The zero-order valence-corrected chi connectivity index (χ0v) is 26.3. The molecule has 1 N–H and O–H groups in total. The van der Waals surface area contributed by atoms with Gasteiger partial charge >= 0.3 is 0 Å². The van der Waals surface area contributed by atoms with E-state index in [1.807, 2.05) is 71.0 Å². The molecule has 0 bridgehead atoms. The van der Waals surface area contributed by atoms with Gasteiger partial charge in [-0.3, -0.25) is 13.9 Å². The van der Waals surface area contributed by atoms with Crippen LogP contribution in [0.25, 0.3) is 0 Å². The van der Waals surface area contributed by atoms with Crippen molar-refractivity contribution >= 4 is 27.5 Å². The van der Waals surface area contributed by atoms with Crippen molar-refractivity contribution in [2.45, 2.75) is 58.4 Å². The van der Waals surface area contributed by atoms with E-state index in [1.54, 1.807) is 24.3 Å². The van der Waals surface area contributed by atoms with Gasteiger partial charge in [-0.25, -0.2) is 8.42 Å². The number of methoxy groups -OCH3 is 1. The average molecular weight is 594 g/mol. The average Bonchev–Trinajstić information content (AvgIpc) is 2.97. The fraction of sp³-hybridized carbons (Fsp3) is 0.394. The molecule has 0 aliphatic heterocycles. The molecule has 1 unspecified atom stereocenters. The van der Waals surface area contributed by atoms with Crippen molar-refractivity contribution in [3.63, 3.8) is 0 Å². The van der Waals surface area contributed by atoms with Crippen LogP contribution in [0.15, 0.2) is 77.7 Å². The van der Waals surface area contributed by atoms with Gasteiger partial charge in [0, 0.05) is 13.1 Å². The van der Waals surface area contributed by atoms with Gasteiger partial charge in [0.15, 0.2) is 0 Å². The van der Waals surface area contributed by atoms with Crippen LogP contribution in [0.1, 0.15) is 43.9 Å². The number of aryl methyl sites for hydroxylation is 2. The van der Waals surface area contributed by atoms with Gasteiger partial charge in [0.1, 0.15) is 18.3 Å². The molecule has 0 spiro atoms. The lowest BCUT2D eigenvalue weighted by Crippen LogP contribution is -2.53. The summed E-state index contributed by atoms with van der Waals surface area (Å²) in [5.74, 6) is -0.170. The molecule has 0 heterocycles. The third-order valence-electron chi connectivity index (χ3n) is 7.05. The predicted molar refractivity (Wildman–Crippen MR) is 167 cm³/mol. The molecule has 0 fully saturated rings. The first-order valence-corrected chi connectivity index (χ1v) is 15.8. The second-order valence-electron chi connectivity index (χ2n) is 10.9. The van der Waals surface area contributed by atoms with E-state index < -0.39 is 28.5 Å². The Bertz CT molecular complexity index is 1440. The van der Waals surface area contributed by atoms with Crippen molar-refractivity contribution in [2.75, 3.05) is 31.0 Å². The number of anilines is 1. The minimum atomic E-state index is -4.18. The third-order valence-corrected chi connectivity index (χ3v) is 8.82. The number of hydrogen-bond donors (Lipinski definition) is 1. The zero-order chi connectivity index (χ0) is 30.9. The van der Waals surface area contributed by atoms with Crippen molar-refractivity contribution in [1.29, 1.82) is 0 Å². The summed E-state index contributed by atoms with van der Waals surface area (Å²) in [5, 5.41) is 2.95. The topological polar surface area (TPSA) is 96.0 Å². The molecular weight excluding hydrogens is 550 g/mol. The van der Waals surface area contributed by atoms with Crippen LogP contribution in [0.5, 0.6) is 5.75 Å². The maximum atomic E-state index is 14.2. The summed E-state index contributed by atoms with van der Waals surface area (Å²) in [7, 11) is -2.72. The largest absolute Gasteiger partial charge is 0.495 e. The number of rotatable bonds is 14. The van der Waals surface area contributed by atoms with Crippen LogP contribution in [0, 0.1) is 19.8 Å². The summed E-state index contributed by atoms with van der Waals surface area (Å²) < 4.78 is 34.9. The van der Waals surface area contributed by atoms with Gasteiger partial charge in [-0.2, -0.15) is 0 Å². The van der Waals surface area contributed by atoms with Crippen molar-refractivity contribution < 1.29 is 22.7 Å². The number of nitrogens with zero attached hydrogens (tertiary/aromatic N) is 2. The Morgan fingerprint density at radius 3 is 2.17 bits per heavy atom. The maximum Gasteiger partial charge on any atom is 0.264 e. The Labute approximate surface area is 250 Å². The molecule has 0 aliphatic carbocycles. The van der Waals surface area contributed by atoms with Gasteiger partial charge in [0.05, 0.1) is 17.7 Å². The minimum Gasteiger partial charge on any atom is -0.495 e. The first-order valence-electron chi connectivity index (χ1n) is 14.3. The molecule has 8 nitrogen and oxygen atoms in total. The molecule has 2 amide bonds. The van der Waals surface area contributed by atoms with Gasteiger partial charge in [0.2, 0.25) is 11.8 Å². The molecule has 226 valence electrons. The van der Waals surface area contributed by atoms with Crippen molar-refractivity contribution in [3.8, 4) is 5.75 Å². The monoisotopic (exact) mass is 593 g/mol. The van der Waals surface area contributed by atoms with Crippen LogP contribution in [0.2, 0.25) is 0 Å². The second kappa shape index (κ2) is 14.9. The van der Waals surface area contributed by atoms with E-state index in [1.165, 1.54) is 24.1 Å². The highest BCUT2D eigenvalue weighted by Crippen LogP contribution is 2.33. The molecule has 1 atom stereocenters. The highest BCUT2D eigenvalue weighted by molar-refractivity contribution is 7.92. The highest BCUT2D eigenvalue weighted by atomic mass is 32.2. The van der Waals surface area contributed by atoms with E-state index in [9.17, 15) is 18.0 Å². The Hall–Kier alpha value is -3.85. The van der Waals surface area contributed by atoms with Crippen LogP contribution in [-0.2, 0) is 26.0 Å². The Balaban J connectivity index is 2.06. The van der Waals surface area contributed by atoms with Crippen LogP contribution in [0.4, 0.5) is 5.69 Å². The number of amides is 2. The number of carbonyl (C=O) groups is 2. The minimum absolute atomic E-state index is 0.0574. The maximum absolute atomic E-state index is 14.2. The smallest absolute Gasteiger partial charge is 0.264 e. The fourth-order valence-electron chi connectivity index (χ4n) is 4.66. The standard InChI is InChI=1S/C33H43N3O5S/c1-7-29(33(38)34-22-24(2)3)35(20-19-27-11-9-8-10-12-27)32(37)23-36(30-21-26(5)15-18-31(30)41-6)42(39,40)28-16-13-25(4)14-17-28/h8-18,21,24,29H,7,19-20,22-23H2,1-6H3,(H,34,38). The fourth-order valence-corrected chi connectivity index (χ4v) is 6.08. The summed E-state index contributed by atoms with van der Waals surface area (Å²) in [6, 6.07) is 20.7. The molecule has 3 rings (SSSR count). The Kier molecular flexibility index (Phi) is 11.6. The number of carbonyl (C=O) groups excluding carboxylic acids is 2. The number of nitrogens with one attached hydrogen (secondary N) is 1. The van der Waals surface area contributed by atoms with Crippen LogP contribution >= 0.6 is 0 Å². The normalized spacial score (nSPS) is 12.1. The molecule has 3 aromatic rings. The van der Waals surface area contributed by atoms with E-state index in [0.717, 1.165) is 21.0 Å². The molecule has 0 saturated heterocycles. The van der Waals surface area contributed by atoms with Gasteiger partial charge in [-0.05, 0) is 68.0 Å². The molecule has 9 heteroatoms. The summed E-state index contributed by atoms with van der Waals surface area (Å²) in [4.78, 5) is 29.1. The van der Waals surface area contributed by atoms with Gasteiger partial charge in [-0.15, -0.1) is 0 Å². The number of sulfonamides is 1. The Morgan fingerprint density at radius 2 is 1.57 bits per heavy atom. The van der Waals surface area contributed by atoms with E-state index in [0.29, 0.717) is 25.1 Å². The number of benzene rings is 3. The molecule has 0 aliphatic rings. The summed E-state index contributed by atoms with van der Waals surface area (Å²) in [6.45, 7) is 9.81. The molecule has 0 radical (unpaired) electrons. The number of hydrogen-bond acceptors (Lipinski definition) is 5. The van der Waals surface area contributed by atoms with Crippen molar-refractivity contribution in [2.24, 2.45) is 5.92 Å². The summed E-state index contributed by atoms with van der Waals surface area (Å²) in [6.07, 6.45) is 0.891. The lowest BCUT2D eigenvalue weighted by molar-refractivity contribution is -0.139. The lowest BCUT2D eigenvalue weighted by Gasteiger charge is -2.33. The van der Waals surface area contributed by atoms with E-state index >= 15 is 0 Å². The molecule has 0 aromatic heterocycles. The SMILES string of the molecule is CCC(C(=O)NCC(C)C)N(CCc1ccccc1)C(=O)CN(c1cc(C)ccc1OC)S(=O)(=O)c1ccc(C)cc1. The number of ether oxygens (including phenoxy) is 1. The molecule has 0 saturated carbocycles. The third kappa shape index (κ3) is 8.35. The van der Waals surface area contributed by atoms with Crippen molar-refractivity contribution in [1.82, 2.24) is 10.2 Å². The van der Waals surface area contributed by atoms with Crippen LogP contribution in [0.3, 0.4) is 0 Å². The molecule has 42 heavy (non-hydrogen) atoms. The first kappa shape index (κ1) is 32.7. The van der Waals surface area contributed by atoms with Gasteiger partial charge < -0.3 is 15.0 Å². The van der Waals surface area contributed by atoms with Gasteiger partial charge in [-0.1, -0.05) is 74.9 Å². The van der Waals surface area contributed by atoms with E-state index in [-0.39, 0.29) is 29.0 Å². The zero-order valence-electron chi connectivity index (χ0n) is 25.5. The lowest BCUT2D eigenvalue weighted by atomic mass is 10.1. The molecular formula is C33H43N3O5S. The van der Waals surface area contributed by atoms with E-state index in [2.05, 4.69) is 5.32 Å². The molecule has 3 aromatic carbocycles. The van der Waals surface area contributed by atoms with Crippen molar-refractivity contribution in [3.05, 3.63) is 89.5 Å². The van der Waals surface area contributed by atoms with Gasteiger partial charge in [0.25, 0.3) is 10.0 Å². The predicted octanol–water partition coefficient (Wildman–Crippen LogP) is 5.13. The highest BCUT2D eigenvalue weighted by Gasteiger charge is 2.34. The van der Waals surface area contributed by atoms with E-state index in [4.69, 9.17) is 4.74 Å². The summed E-state index contributed by atoms with van der Waals surface area (Å²) >= 11 is 0. The summed E-state index contributed by atoms with van der Waals surface area (Å²) in [5.41, 5.74) is 2.99. The first-order chi connectivity index (χ1) is 20.0. The quantitative estimate of drug-likeness (QED) is 0.280.